The first-order valence-corrected chi connectivity index (χ1v) is 7.82. The summed E-state index contributed by atoms with van der Waals surface area (Å²) in [5.74, 6) is 0.0116. The van der Waals surface area contributed by atoms with Gasteiger partial charge in [0.05, 0.1) is 0 Å². The molecule has 0 saturated heterocycles. The number of primary amides is 1. The van der Waals surface area contributed by atoms with Crippen molar-refractivity contribution in [2.24, 2.45) is 17.1 Å². The Kier molecular flexibility index (Phi) is 7.90. The van der Waals surface area contributed by atoms with Crippen LogP contribution in [0.1, 0.15) is 25.8 Å². The molecule has 1 unspecified atom stereocenters. The van der Waals surface area contributed by atoms with E-state index in [-0.39, 0.29) is 51.7 Å². The van der Waals surface area contributed by atoms with Crippen molar-refractivity contribution in [1.29, 1.82) is 0 Å². The molecule has 1 saturated carbocycles. The minimum atomic E-state index is -3.62. The summed E-state index contributed by atoms with van der Waals surface area (Å²) in [5, 5.41) is 0. The summed E-state index contributed by atoms with van der Waals surface area (Å²) in [6.45, 7) is 5.99. The summed E-state index contributed by atoms with van der Waals surface area (Å²) >= 11 is 4.90. The molecule has 1 aromatic carbocycles. The summed E-state index contributed by atoms with van der Waals surface area (Å²) in [6, 6.07) is 6.32. The number of hydrogen-bond donors (Lipinski definition) is 1. The number of nitrogens with two attached hydrogens (primary N) is 1. The van der Waals surface area contributed by atoms with Gasteiger partial charge in [-0.3, -0.25) is 16.6 Å². The fraction of sp³-hybridized carbons (Fsp3) is 0.462. The number of sulfonamides is 1. The molecular weight excluding hydrogens is 323 g/mol. The molecule has 1 amide bonds. The third kappa shape index (κ3) is 6.26. The number of halogens is 1. The molecule has 0 aromatic heterocycles. The molecule has 0 spiro atoms. The summed E-state index contributed by atoms with van der Waals surface area (Å²) < 4.78 is 24.8. The standard InChI is InChI=1S/C7H7ClNO2S.C6H11NO.Na/c1-6-2-4-7(5-3-6)12(10,11)9-8;1-6(2)3-4(6)5(7)8;/h2-5H,1H3;4H,3H2,1-2H3,(H2,7,8);/q-1;;+1. The summed E-state index contributed by atoms with van der Waals surface area (Å²) in [6.07, 6.45) is 0.975. The van der Waals surface area contributed by atoms with Gasteiger partial charge in [-0.25, -0.2) is 8.42 Å². The topological polar surface area (TPSA) is 91.3 Å². The molecule has 21 heavy (non-hydrogen) atoms. The van der Waals surface area contributed by atoms with Crippen molar-refractivity contribution in [3.05, 3.63) is 34.1 Å². The smallest absolute Gasteiger partial charge is 0.458 e. The third-order valence-electron chi connectivity index (χ3n) is 3.27. The second kappa shape index (κ2) is 7.94. The Morgan fingerprint density at radius 1 is 1.33 bits per heavy atom. The van der Waals surface area contributed by atoms with Crippen molar-refractivity contribution in [3.8, 4) is 0 Å². The van der Waals surface area contributed by atoms with Gasteiger partial charge < -0.3 is 9.97 Å². The Bertz CT molecular complexity index is 588. The van der Waals surface area contributed by atoms with E-state index in [4.69, 9.17) is 17.5 Å². The predicted molar refractivity (Wildman–Crippen MR) is 78.7 cm³/mol. The SMILES string of the molecule is CC1(C)CC1C(N)=O.Cc1ccc(S(=O)(=O)[N-]Cl)cc1.[Na+]. The van der Waals surface area contributed by atoms with E-state index in [0.29, 0.717) is 0 Å². The second-order valence-corrected chi connectivity index (χ2v) is 7.48. The Morgan fingerprint density at radius 2 is 1.76 bits per heavy atom. The van der Waals surface area contributed by atoms with Gasteiger partial charge in [0.25, 0.3) is 0 Å². The molecule has 1 atom stereocenters. The molecule has 0 heterocycles. The molecular formula is C13H18ClN2NaO3S. The van der Waals surface area contributed by atoms with E-state index in [2.05, 4.69) is 18.1 Å². The van der Waals surface area contributed by atoms with E-state index >= 15 is 0 Å². The van der Waals surface area contributed by atoms with E-state index in [1.807, 2.05) is 6.92 Å². The van der Waals surface area contributed by atoms with Crippen LogP contribution in [0.3, 0.4) is 0 Å². The molecule has 1 fully saturated rings. The Hall–Kier alpha value is -0.110. The molecule has 1 aromatic rings. The Labute approximate surface area is 153 Å². The molecule has 5 nitrogen and oxygen atoms in total. The first kappa shape index (κ1) is 20.9. The van der Waals surface area contributed by atoms with Crippen molar-refractivity contribution in [3.63, 3.8) is 0 Å². The molecule has 1 aliphatic carbocycles. The summed E-state index contributed by atoms with van der Waals surface area (Å²) in [7, 11) is -3.62. The van der Waals surface area contributed by atoms with E-state index in [1.165, 1.54) is 12.1 Å². The van der Waals surface area contributed by atoms with Crippen molar-refractivity contribution < 1.29 is 42.8 Å². The average Bonchev–Trinajstić information content (AvgIpc) is 3.00. The van der Waals surface area contributed by atoms with Crippen LogP contribution in [0.5, 0.6) is 0 Å². The van der Waals surface area contributed by atoms with Gasteiger partial charge >= 0.3 is 29.6 Å². The van der Waals surface area contributed by atoms with Crippen LogP contribution >= 0.6 is 11.8 Å². The van der Waals surface area contributed by atoms with Crippen LogP contribution in [0.4, 0.5) is 0 Å². The summed E-state index contributed by atoms with van der Waals surface area (Å²) in [5.41, 5.74) is 6.24. The number of carbonyl (C=O) groups excluding carboxylic acids is 1. The van der Waals surface area contributed by atoms with Gasteiger partial charge in [0.1, 0.15) is 10.0 Å². The van der Waals surface area contributed by atoms with Gasteiger partial charge in [-0.05, 0) is 30.9 Å². The minimum absolute atomic E-state index is 0. The first-order valence-electron chi connectivity index (χ1n) is 6.04. The van der Waals surface area contributed by atoms with Crippen LogP contribution in [0.25, 0.3) is 4.24 Å². The number of aryl methyl sites for hydroxylation is 1. The van der Waals surface area contributed by atoms with Crippen LogP contribution < -0.4 is 35.3 Å². The molecule has 2 N–H and O–H groups in total. The monoisotopic (exact) mass is 340 g/mol. The quantitative estimate of drug-likeness (QED) is 0.768. The van der Waals surface area contributed by atoms with Crippen LogP contribution in [-0.2, 0) is 14.8 Å². The molecule has 1 aliphatic rings. The Balaban J connectivity index is 0.000000390. The van der Waals surface area contributed by atoms with E-state index in [0.717, 1.165) is 12.0 Å². The number of hydrogen-bond acceptors (Lipinski definition) is 3. The molecule has 8 heteroatoms. The van der Waals surface area contributed by atoms with Gasteiger partial charge in [-0.15, -0.1) is 0 Å². The normalized spacial score (nSPS) is 18.8. The molecule has 0 radical (unpaired) electrons. The van der Waals surface area contributed by atoms with Crippen LogP contribution in [-0.4, -0.2) is 14.3 Å². The summed E-state index contributed by atoms with van der Waals surface area (Å²) in [4.78, 5) is 10.5. The molecule has 2 rings (SSSR count). The van der Waals surface area contributed by atoms with Crippen LogP contribution in [0.15, 0.2) is 29.2 Å². The van der Waals surface area contributed by atoms with Gasteiger partial charge in [0.2, 0.25) is 5.91 Å². The number of benzene rings is 1. The van der Waals surface area contributed by atoms with Gasteiger partial charge in [0, 0.05) is 10.8 Å². The van der Waals surface area contributed by atoms with Crippen LogP contribution in [0.2, 0.25) is 0 Å². The zero-order valence-electron chi connectivity index (χ0n) is 12.6. The number of carbonyl (C=O) groups is 1. The third-order valence-corrected chi connectivity index (χ3v) is 4.86. The zero-order chi connectivity index (χ0) is 15.6. The van der Waals surface area contributed by atoms with Crippen molar-refractivity contribution >= 4 is 27.7 Å². The van der Waals surface area contributed by atoms with E-state index in [1.54, 1.807) is 12.1 Å². The fourth-order valence-electron chi connectivity index (χ4n) is 1.70. The van der Waals surface area contributed by atoms with E-state index in [9.17, 15) is 13.2 Å². The minimum Gasteiger partial charge on any atom is -0.458 e. The first-order chi connectivity index (χ1) is 9.10. The maximum Gasteiger partial charge on any atom is 1.00 e. The van der Waals surface area contributed by atoms with Crippen LogP contribution in [0, 0.1) is 18.3 Å². The maximum absolute atomic E-state index is 11.0. The van der Waals surface area contributed by atoms with Crippen molar-refractivity contribution in [1.82, 2.24) is 0 Å². The predicted octanol–water partition coefficient (Wildman–Crippen LogP) is -0.267. The van der Waals surface area contributed by atoms with Crippen molar-refractivity contribution in [2.45, 2.75) is 32.1 Å². The van der Waals surface area contributed by atoms with E-state index < -0.39 is 10.0 Å². The van der Waals surface area contributed by atoms with Gasteiger partial charge in [-0.2, -0.15) is 0 Å². The average molecular weight is 341 g/mol. The number of amides is 1. The maximum atomic E-state index is 11.0. The molecule has 0 bridgehead atoms. The second-order valence-electron chi connectivity index (χ2n) is 5.50. The van der Waals surface area contributed by atoms with Gasteiger partial charge in [0.15, 0.2) is 0 Å². The zero-order valence-corrected chi connectivity index (χ0v) is 16.2. The van der Waals surface area contributed by atoms with Gasteiger partial charge in [-0.1, -0.05) is 31.5 Å². The number of nitrogens with zero attached hydrogens (tertiary/aromatic N) is 1. The largest absolute Gasteiger partial charge is 1.00 e. The van der Waals surface area contributed by atoms with Crippen molar-refractivity contribution in [2.75, 3.05) is 0 Å². The fourth-order valence-corrected chi connectivity index (χ4v) is 2.50. The molecule has 112 valence electrons. The molecule has 0 aliphatic heterocycles. The Morgan fingerprint density at radius 3 is 2.00 bits per heavy atom. The number of rotatable bonds is 3.